The molecule has 0 unspecified atom stereocenters. The third-order valence-corrected chi connectivity index (χ3v) is 1.97. The molecular weight excluding hydrogens is 279 g/mol. The number of pyridine rings is 1. The van der Waals surface area contributed by atoms with Crippen LogP contribution in [0.3, 0.4) is 0 Å². The monoisotopic (exact) mass is 283 g/mol. The van der Waals surface area contributed by atoms with E-state index in [0.717, 1.165) is 19.4 Å². The molecule has 15 heavy (non-hydrogen) atoms. The molecule has 0 spiro atoms. The largest absolute Gasteiger partial charge is 0.464 e. The Labute approximate surface area is 91.4 Å². The first-order valence-corrected chi connectivity index (χ1v) is 4.46. The molecule has 3 nitrogen and oxygen atoms in total. The predicted molar refractivity (Wildman–Crippen MR) is 48.3 cm³/mol. The molecular formula is C8H5BrF3NO2. The number of aromatic nitrogens is 1. The molecule has 0 bridgehead atoms. The minimum absolute atomic E-state index is 0.141. The van der Waals surface area contributed by atoms with Gasteiger partial charge in [-0.1, -0.05) is 0 Å². The summed E-state index contributed by atoms with van der Waals surface area (Å²) >= 11 is 2.85. The van der Waals surface area contributed by atoms with Gasteiger partial charge in [0.15, 0.2) is 5.69 Å². The topological polar surface area (TPSA) is 39.2 Å². The summed E-state index contributed by atoms with van der Waals surface area (Å²) in [5.74, 6) is -1.12. The molecule has 0 atom stereocenters. The van der Waals surface area contributed by atoms with Crippen molar-refractivity contribution in [2.75, 3.05) is 7.11 Å². The number of carbonyl (C=O) groups excluding carboxylic acids is 1. The second kappa shape index (κ2) is 4.18. The van der Waals surface area contributed by atoms with Crippen molar-refractivity contribution in [1.29, 1.82) is 0 Å². The van der Waals surface area contributed by atoms with Crippen LogP contribution in [-0.2, 0) is 10.9 Å². The maximum atomic E-state index is 12.5. The van der Waals surface area contributed by atoms with Crippen molar-refractivity contribution in [3.63, 3.8) is 0 Å². The van der Waals surface area contributed by atoms with E-state index in [1.54, 1.807) is 0 Å². The summed E-state index contributed by atoms with van der Waals surface area (Å²) < 4.78 is 41.7. The van der Waals surface area contributed by atoms with E-state index >= 15 is 0 Å². The smallest absolute Gasteiger partial charge is 0.418 e. The van der Waals surface area contributed by atoms with E-state index in [-0.39, 0.29) is 4.47 Å². The van der Waals surface area contributed by atoms with Gasteiger partial charge in [-0.15, -0.1) is 0 Å². The maximum absolute atomic E-state index is 12.5. The molecule has 0 saturated carbocycles. The molecule has 0 saturated heterocycles. The molecule has 0 aliphatic heterocycles. The fourth-order valence-electron chi connectivity index (χ4n) is 0.915. The highest BCUT2D eigenvalue weighted by atomic mass is 79.9. The minimum Gasteiger partial charge on any atom is -0.464 e. The summed E-state index contributed by atoms with van der Waals surface area (Å²) in [6, 6.07) is 0.777. The lowest BCUT2D eigenvalue weighted by Crippen LogP contribution is -2.16. The lowest BCUT2D eigenvalue weighted by atomic mass is 10.2. The van der Waals surface area contributed by atoms with Crippen molar-refractivity contribution >= 4 is 21.9 Å². The van der Waals surface area contributed by atoms with Crippen molar-refractivity contribution in [2.24, 2.45) is 0 Å². The van der Waals surface area contributed by atoms with E-state index in [2.05, 4.69) is 25.7 Å². The molecule has 1 aromatic heterocycles. The van der Waals surface area contributed by atoms with Gasteiger partial charge in [0, 0.05) is 10.7 Å². The molecule has 82 valence electrons. The van der Waals surface area contributed by atoms with Crippen LogP contribution in [-0.4, -0.2) is 18.1 Å². The van der Waals surface area contributed by atoms with E-state index in [9.17, 15) is 18.0 Å². The first-order chi connectivity index (χ1) is 6.86. The summed E-state index contributed by atoms with van der Waals surface area (Å²) in [5.41, 5.74) is -1.86. The Morgan fingerprint density at radius 3 is 2.60 bits per heavy atom. The van der Waals surface area contributed by atoms with E-state index < -0.39 is 23.4 Å². The van der Waals surface area contributed by atoms with Crippen LogP contribution in [0, 0.1) is 0 Å². The quantitative estimate of drug-likeness (QED) is 0.744. The van der Waals surface area contributed by atoms with Gasteiger partial charge >= 0.3 is 12.1 Å². The Hall–Kier alpha value is -1.11. The number of hydrogen-bond acceptors (Lipinski definition) is 3. The average Bonchev–Trinajstić information content (AvgIpc) is 2.15. The predicted octanol–water partition coefficient (Wildman–Crippen LogP) is 2.65. The molecule has 0 radical (unpaired) electrons. The molecule has 0 N–H and O–H groups in total. The lowest BCUT2D eigenvalue weighted by Gasteiger charge is -2.10. The van der Waals surface area contributed by atoms with Crippen molar-refractivity contribution in [3.8, 4) is 0 Å². The maximum Gasteiger partial charge on any atom is 0.418 e. The van der Waals surface area contributed by atoms with Crippen LogP contribution >= 0.6 is 15.9 Å². The highest BCUT2D eigenvalue weighted by molar-refractivity contribution is 9.10. The third kappa shape index (κ3) is 2.68. The number of esters is 1. The average molecular weight is 284 g/mol. The number of rotatable bonds is 1. The fourth-order valence-corrected chi connectivity index (χ4v) is 1.25. The summed E-state index contributed by atoms with van der Waals surface area (Å²) in [7, 11) is 0.992. The molecule has 0 aliphatic carbocycles. The lowest BCUT2D eigenvalue weighted by molar-refractivity contribution is -0.138. The number of ether oxygens (including phenoxy) is 1. The molecule has 0 fully saturated rings. The van der Waals surface area contributed by atoms with Gasteiger partial charge in [0.05, 0.1) is 12.7 Å². The van der Waals surface area contributed by atoms with Crippen molar-refractivity contribution in [1.82, 2.24) is 4.98 Å². The number of methoxy groups -OCH3 is 1. The zero-order valence-electron chi connectivity index (χ0n) is 7.43. The molecule has 1 aromatic rings. The summed E-state index contributed by atoms with van der Waals surface area (Å²) in [6.07, 6.45) is -3.54. The zero-order valence-corrected chi connectivity index (χ0v) is 9.02. The first kappa shape index (κ1) is 12.0. The van der Waals surface area contributed by atoms with Gasteiger partial charge < -0.3 is 4.74 Å². The molecule has 1 heterocycles. The molecule has 0 amide bonds. The van der Waals surface area contributed by atoms with E-state index in [0.29, 0.717) is 0 Å². The van der Waals surface area contributed by atoms with Crippen LogP contribution < -0.4 is 0 Å². The van der Waals surface area contributed by atoms with Crippen molar-refractivity contribution in [3.05, 3.63) is 28.0 Å². The number of carbonyl (C=O) groups is 1. The highest BCUT2D eigenvalue weighted by Gasteiger charge is 2.36. The van der Waals surface area contributed by atoms with Gasteiger partial charge in [-0.2, -0.15) is 13.2 Å². The van der Waals surface area contributed by atoms with Gasteiger partial charge in [-0.25, -0.2) is 9.78 Å². The van der Waals surface area contributed by atoms with Gasteiger partial charge in [0.1, 0.15) is 0 Å². The Kier molecular flexibility index (Phi) is 3.33. The number of halogens is 4. The summed E-state index contributed by atoms with van der Waals surface area (Å²) in [6.45, 7) is 0. The number of hydrogen-bond donors (Lipinski definition) is 0. The van der Waals surface area contributed by atoms with Crippen LogP contribution in [0.25, 0.3) is 0 Å². The number of nitrogens with zero attached hydrogens (tertiary/aromatic N) is 1. The van der Waals surface area contributed by atoms with Crippen LogP contribution in [0.5, 0.6) is 0 Å². The molecule has 7 heteroatoms. The Balaban J connectivity index is 3.33. The SMILES string of the molecule is COC(=O)c1ncc(Br)cc1C(F)(F)F. The van der Waals surface area contributed by atoms with Gasteiger partial charge in [-0.05, 0) is 22.0 Å². The Morgan fingerprint density at radius 2 is 2.13 bits per heavy atom. The second-order valence-electron chi connectivity index (χ2n) is 2.54. The van der Waals surface area contributed by atoms with Crippen LogP contribution in [0.4, 0.5) is 13.2 Å². The van der Waals surface area contributed by atoms with Crippen LogP contribution in [0.15, 0.2) is 16.7 Å². The van der Waals surface area contributed by atoms with Crippen molar-refractivity contribution in [2.45, 2.75) is 6.18 Å². The molecule has 1 rings (SSSR count). The minimum atomic E-state index is -4.64. The Bertz CT molecular complexity index is 392. The van der Waals surface area contributed by atoms with Crippen molar-refractivity contribution < 1.29 is 22.7 Å². The first-order valence-electron chi connectivity index (χ1n) is 3.67. The number of alkyl halides is 3. The molecule has 0 aliphatic rings. The summed E-state index contributed by atoms with van der Waals surface area (Å²) in [5, 5.41) is 0. The molecule has 0 aromatic carbocycles. The van der Waals surface area contributed by atoms with Crippen LogP contribution in [0.1, 0.15) is 16.1 Å². The second-order valence-corrected chi connectivity index (χ2v) is 3.45. The highest BCUT2D eigenvalue weighted by Crippen LogP contribution is 2.32. The zero-order chi connectivity index (χ0) is 11.6. The third-order valence-electron chi connectivity index (χ3n) is 1.54. The summed E-state index contributed by atoms with van der Waals surface area (Å²) in [4.78, 5) is 14.4. The fraction of sp³-hybridized carbons (Fsp3) is 0.250. The van der Waals surface area contributed by atoms with Gasteiger partial charge in [0.2, 0.25) is 0 Å². The van der Waals surface area contributed by atoms with E-state index in [1.807, 2.05) is 0 Å². The van der Waals surface area contributed by atoms with E-state index in [1.165, 1.54) is 0 Å². The standard InChI is InChI=1S/C8H5BrF3NO2/c1-15-7(14)6-5(8(10,11)12)2-4(9)3-13-6/h2-3H,1H3. The van der Waals surface area contributed by atoms with Gasteiger partial charge in [0.25, 0.3) is 0 Å². The Morgan fingerprint density at radius 1 is 1.53 bits per heavy atom. The van der Waals surface area contributed by atoms with Crippen LogP contribution in [0.2, 0.25) is 0 Å². The van der Waals surface area contributed by atoms with Gasteiger partial charge in [-0.3, -0.25) is 0 Å². The normalized spacial score (nSPS) is 11.3. The van der Waals surface area contributed by atoms with E-state index in [4.69, 9.17) is 0 Å².